The number of carbonyl (C=O) groups is 2. The first-order valence-corrected chi connectivity index (χ1v) is 15.9. The predicted molar refractivity (Wildman–Crippen MR) is 147 cm³/mol. The molecule has 3 aliphatic carbocycles. The lowest BCUT2D eigenvalue weighted by Gasteiger charge is -2.62. The highest BCUT2D eigenvalue weighted by atomic mass is 16.9. The topological polar surface area (TPSA) is 144 Å². The molecular formula is C32H46O10. The lowest BCUT2D eigenvalue weighted by Crippen LogP contribution is -2.77. The number of rotatable bonds is 3. The molecule has 7 rings (SSSR count). The molecule has 0 unspecified atom stereocenters. The Morgan fingerprint density at radius 1 is 1.05 bits per heavy atom. The molecule has 10 heteroatoms. The molecule has 7 aliphatic rings. The molecule has 0 amide bonds. The first-order chi connectivity index (χ1) is 19.8. The number of epoxide rings is 1. The van der Waals surface area contributed by atoms with Gasteiger partial charge in [0.2, 0.25) is 0 Å². The van der Waals surface area contributed by atoms with E-state index >= 15 is 0 Å². The van der Waals surface area contributed by atoms with Gasteiger partial charge in [-0.1, -0.05) is 59.5 Å². The summed E-state index contributed by atoms with van der Waals surface area (Å²) in [4.78, 5) is 27.0. The van der Waals surface area contributed by atoms with Crippen molar-refractivity contribution >= 4 is 11.8 Å². The van der Waals surface area contributed by atoms with Crippen LogP contribution in [0.3, 0.4) is 0 Å². The fourth-order valence-corrected chi connectivity index (χ4v) is 10.8. The lowest BCUT2D eigenvalue weighted by molar-refractivity contribution is -0.437. The minimum Gasteiger partial charge on any atom is -0.459 e. The zero-order valence-electron chi connectivity index (χ0n) is 25.3. The fraction of sp³-hybridized carbons (Fsp3) is 0.875. The summed E-state index contributed by atoms with van der Waals surface area (Å²) in [5.41, 5.74) is -5.92. The van der Waals surface area contributed by atoms with Crippen LogP contribution in [-0.4, -0.2) is 86.5 Å². The van der Waals surface area contributed by atoms with Crippen molar-refractivity contribution in [3.05, 3.63) is 12.2 Å². The number of esters is 1. The number of fused-ring (bicyclic) bond motifs is 1. The van der Waals surface area contributed by atoms with Crippen LogP contribution in [0.5, 0.6) is 0 Å². The summed E-state index contributed by atoms with van der Waals surface area (Å²) in [5.74, 6) is -5.62. The van der Waals surface area contributed by atoms with E-state index in [1.54, 1.807) is 0 Å². The Morgan fingerprint density at radius 3 is 2.40 bits per heavy atom. The third-order valence-electron chi connectivity index (χ3n) is 12.5. The Hall–Kier alpha value is -1.40. The van der Waals surface area contributed by atoms with Crippen molar-refractivity contribution in [1.82, 2.24) is 0 Å². The van der Waals surface area contributed by atoms with Gasteiger partial charge in [-0.25, -0.2) is 0 Å². The zero-order chi connectivity index (χ0) is 30.2. The minimum absolute atomic E-state index is 0.0135. The van der Waals surface area contributed by atoms with Crippen LogP contribution in [-0.2, 0) is 33.3 Å². The Bertz CT molecular complexity index is 1210. The quantitative estimate of drug-likeness (QED) is 0.255. The molecule has 0 aromatic carbocycles. The maximum absolute atomic E-state index is 14.3. The van der Waals surface area contributed by atoms with Gasteiger partial charge in [0, 0.05) is 37.0 Å². The van der Waals surface area contributed by atoms with Gasteiger partial charge in [-0.05, 0) is 30.8 Å². The van der Waals surface area contributed by atoms with Gasteiger partial charge in [-0.15, -0.1) is 0 Å². The monoisotopic (exact) mass is 590 g/mol. The van der Waals surface area contributed by atoms with E-state index in [-0.39, 0.29) is 11.8 Å². The van der Waals surface area contributed by atoms with Gasteiger partial charge in [0.05, 0.1) is 12.2 Å². The Labute approximate surface area is 247 Å². The molecule has 0 aromatic heterocycles. The number of aliphatic hydroxyl groups excluding tert-OH is 2. The molecule has 4 heterocycles. The van der Waals surface area contributed by atoms with E-state index < -0.39 is 94.8 Å². The van der Waals surface area contributed by atoms with Gasteiger partial charge in [0.25, 0.3) is 5.97 Å². The molecule has 10 nitrogen and oxygen atoms in total. The van der Waals surface area contributed by atoms with Crippen molar-refractivity contribution in [3.63, 3.8) is 0 Å². The largest absolute Gasteiger partial charge is 0.459 e. The average molecular weight is 591 g/mol. The summed E-state index contributed by atoms with van der Waals surface area (Å²) in [6, 6.07) is 0. The van der Waals surface area contributed by atoms with Gasteiger partial charge < -0.3 is 39.0 Å². The number of carbonyl (C=O) groups excluding carboxylic acids is 2. The van der Waals surface area contributed by atoms with E-state index in [2.05, 4.69) is 13.5 Å². The highest BCUT2D eigenvalue weighted by Crippen LogP contribution is 2.75. The normalized spacial score (nSPS) is 57.8. The average Bonchev–Trinajstić information content (AvgIpc) is 3.57. The van der Waals surface area contributed by atoms with E-state index in [1.807, 2.05) is 20.8 Å². The maximum Gasteiger partial charge on any atom is 0.303 e. The molecule has 15 atom stereocenters. The summed E-state index contributed by atoms with van der Waals surface area (Å²) in [6.07, 6.45) is 1.87. The standard InChI is InChI=1S/C32H46O10/c1-15(2)31-24(38-19(6)34)18(5)32-21-25-28(14-33,39-25)27(36)30(37)22(32)20(17(4)23(30)35)16(3)12-10-8-7-9-11-13-29(41-31,42-32)40-26(21)31/h16-18,20-22,24-27,33,36-37H,1,7-14H2,2-6H3/t16-,17+,18-,20+,21+,22-,24-,25+,26-,27-,28+,29-,30-,31+,32-/m1/s1. The van der Waals surface area contributed by atoms with Gasteiger partial charge in [-0.2, -0.15) is 0 Å². The second-order valence-electron chi connectivity index (χ2n) is 14.6. The van der Waals surface area contributed by atoms with E-state index in [9.17, 15) is 24.9 Å². The molecule has 7 fully saturated rings. The van der Waals surface area contributed by atoms with Gasteiger partial charge in [-0.3, -0.25) is 9.59 Å². The molecule has 3 N–H and O–H groups in total. The van der Waals surface area contributed by atoms with Crippen LogP contribution in [0.2, 0.25) is 0 Å². The van der Waals surface area contributed by atoms with Crippen LogP contribution >= 0.6 is 0 Å². The first kappa shape index (κ1) is 29.3. The molecule has 3 saturated carbocycles. The van der Waals surface area contributed by atoms with Crippen LogP contribution in [0.1, 0.15) is 79.6 Å². The molecule has 4 saturated heterocycles. The molecule has 42 heavy (non-hydrogen) atoms. The highest BCUT2D eigenvalue weighted by molar-refractivity contribution is 5.93. The van der Waals surface area contributed by atoms with Crippen LogP contribution in [0.4, 0.5) is 0 Å². The summed E-state index contributed by atoms with van der Waals surface area (Å²) in [7, 11) is 0. The Kier molecular flexibility index (Phi) is 6.34. The summed E-state index contributed by atoms with van der Waals surface area (Å²) >= 11 is 0. The molecule has 2 spiro atoms. The molecular weight excluding hydrogens is 544 g/mol. The van der Waals surface area contributed by atoms with Gasteiger partial charge in [0.1, 0.15) is 30.0 Å². The predicted octanol–water partition coefficient (Wildman–Crippen LogP) is 2.40. The van der Waals surface area contributed by atoms with E-state index in [4.69, 9.17) is 23.7 Å². The van der Waals surface area contributed by atoms with Crippen molar-refractivity contribution in [1.29, 1.82) is 0 Å². The van der Waals surface area contributed by atoms with Crippen molar-refractivity contribution in [2.75, 3.05) is 6.61 Å². The van der Waals surface area contributed by atoms with Gasteiger partial charge >= 0.3 is 5.97 Å². The van der Waals surface area contributed by atoms with Crippen LogP contribution < -0.4 is 0 Å². The summed E-state index contributed by atoms with van der Waals surface area (Å²) in [6.45, 7) is 12.8. The zero-order valence-corrected chi connectivity index (χ0v) is 25.3. The molecule has 0 radical (unpaired) electrons. The molecule has 234 valence electrons. The second-order valence-corrected chi connectivity index (χ2v) is 14.6. The van der Waals surface area contributed by atoms with Crippen molar-refractivity contribution in [2.45, 2.75) is 132 Å². The number of ketones is 1. The third kappa shape index (κ3) is 3.20. The number of hydrogen-bond acceptors (Lipinski definition) is 10. The fourth-order valence-electron chi connectivity index (χ4n) is 10.8. The van der Waals surface area contributed by atoms with E-state index in [0.29, 0.717) is 12.0 Å². The minimum atomic E-state index is -2.28. The number of Topliss-reactive ketones (excluding diaryl/α,β-unsaturated/α-hetero) is 1. The van der Waals surface area contributed by atoms with E-state index in [1.165, 1.54) is 6.92 Å². The third-order valence-corrected chi connectivity index (χ3v) is 12.5. The highest BCUT2D eigenvalue weighted by Gasteiger charge is 2.91. The number of hydrogen-bond donors (Lipinski definition) is 3. The Balaban J connectivity index is 1.55. The van der Waals surface area contributed by atoms with Crippen molar-refractivity contribution in [3.8, 4) is 0 Å². The van der Waals surface area contributed by atoms with Crippen molar-refractivity contribution in [2.24, 2.45) is 35.5 Å². The Morgan fingerprint density at radius 2 is 1.74 bits per heavy atom. The maximum atomic E-state index is 14.3. The van der Waals surface area contributed by atoms with E-state index in [0.717, 1.165) is 38.5 Å². The number of ether oxygens (including phenoxy) is 5. The van der Waals surface area contributed by atoms with Gasteiger partial charge in [0.15, 0.2) is 17.0 Å². The molecule has 3 bridgehead atoms. The number of aliphatic hydroxyl groups is 3. The molecule has 0 aromatic rings. The smallest absolute Gasteiger partial charge is 0.303 e. The van der Waals surface area contributed by atoms with Crippen LogP contribution in [0, 0.1) is 35.5 Å². The van der Waals surface area contributed by atoms with Crippen LogP contribution in [0.15, 0.2) is 12.2 Å². The second kappa shape index (κ2) is 9.08. The SMILES string of the molecule is C=C(C)[C@@]12O[C@@]34CCCCCCC[C@@H](C)[C@H]5[C@H](C)C(=O)[C@@]6(O)[C@H](O)[C@@]7(CO)O[C@H]7[C@@H]([C@H]1O3)[C@](O4)([C@H](C)[C@H]2OC(C)=O)[C@H]56. The molecule has 4 aliphatic heterocycles. The van der Waals surface area contributed by atoms with Crippen LogP contribution in [0.25, 0.3) is 0 Å². The first-order valence-electron chi connectivity index (χ1n) is 15.9. The lowest BCUT2D eigenvalue weighted by atomic mass is 9.50. The van der Waals surface area contributed by atoms with Crippen molar-refractivity contribution < 1.29 is 48.6 Å². The summed E-state index contributed by atoms with van der Waals surface area (Å²) in [5, 5.41) is 35.6. The summed E-state index contributed by atoms with van der Waals surface area (Å²) < 4.78 is 33.4.